The summed E-state index contributed by atoms with van der Waals surface area (Å²) < 4.78 is 10.3. The van der Waals surface area contributed by atoms with Crippen LogP contribution in [0.15, 0.2) is 12.1 Å². The zero-order chi connectivity index (χ0) is 19.1. The number of carbonyl (C=O) groups excluding carboxylic acids is 2. The topological polar surface area (TPSA) is 118 Å². The number of amides is 2. The largest absolute Gasteiger partial charge is 0.395 e. The summed E-state index contributed by atoms with van der Waals surface area (Å²) in [7, 11) is 2.97. The molecule has 0 aromatic carbocycles. The molecule has 0 spiro atoms. The Morgan fingerprint density at radius 1 is 1.23 bits per heavy atom. The van der Waals surface area contributed by atoms with Crippen LogP contribution in [0.2, 0.25) is 0 Å². The summed E-state index contributed by atoms with van der Waals surface area (Å²) in [6.07, 6.45) is -0.385. The number of aromatic nitrogens is 1. The van der Waals surface area contributed by atoms with Gasteiger partial charge in [-0.1, -0.05) is 0 Å². The Morgan fingerprint density at radius 2 is 1.88 bits per heavy atom. The quantitative estimate of drug-likeness (QED) is 0.572. The number of primary amides is 1. The molecule has 2 amide bonds. The van der Waals surface area contributed by atoms with Crippen LogP contribution in [0.3, 0.4) is 0 Å². The molecule has 0 unspecified atom stereocenters. The Bertz CT molecular complexity index is 628. The van der Waals surface area contributed by atoms with Crippen molar-refractivity contribution in [3.63, 3.8) is 0 Å². The standard InChI is InChI=1S/C17H26N4O5/c1-25-15(26-2)11-14-12(16(18)23)3-4-13(19-14)17(24)21-7-5-20(6-8-21)9-10-22/h3-4,15,22H,5-11H2,1-2H3,(H2,18,23). The van der Waals surface area contributed by atoms with E-state index >= 15 is 0 Å². The molecular weight excluding hydrogens is 340 g/mol. The molecule has 0 saturated carbocycles. The monoisotopic (exact) mass is 366 g/mol. The number of β-amino-alcohol motifs (C(OH)–C–C–N with tert-alkyl or cyclic N) is 1. The highest BCUT2D eigenvalue weighted by molar-refractivity contribution is 5.96. The predicted octanol–water partition coefficient (Wildman–Crippen LogP) is -0.908. The van der Waals surface area contributed by atoms with Gasteiger partial charge < -0.3 is 25.2 Å². The lowest BCUT2D eigenvalue weighted by Gasteiger charge is -2.34. The van der Waals surface area contributed by atoms with E-state index in [4.69, 9.17) is 20.3 Å². The maximum atomic E-state index is 12.7. The molecule has 2 rings (SSSR count). The average molecular weight is 366 g/mol. The molecule has 144 valence electrons. The second kappa shape index (κ2) is 9.58. The molecule has 26 heavy (non-hydrogen) atoms. The number of pyridine rings is 1. The second-order valence-electron chi connectivity index (χ2n) is 6.02. The van der Waals surface area contributed by atoms with Gasteiger partial charge in [0.2, 0.25) is 0 Å². The smallest absolute Gasteiger partial charge is 0.272 e. The van der Waals surface area contributed by atoms with Gasteiger partial charge in [0.05, 0.1) is 17.9 Å². The van der Waals surface area contributed by atoms with Crippen molar-refractivity contribution < 1.29 is 24.2 Å². The third kappa shape index (κ3) is 4.98. The van der Waals surface area contributed by atoms with E-state index in [1.807, 2.05) is 0 Å². The van der Waals surface area contributed by atoms with E-state index in [9.17, 15) is 9.59 Å². The first kappa shape index (κ1) is 20.2. The minimum absolute atomic E-state index is 0.105. The third-order valence-electron chi connectivity index (χ3n) is 4.42. The molecule has 2 heterocycles. The van der Waals surface area contributed by atoms with Crippen LogP contribution < -0.4 is 5.73 Å². The molecule has 9 heteroatoms. The number of methoxy groups -OCH3 is 2. The third-order valence-corrected chi connectivity index (χ3v) is 4.42. The van der Waals surface area contributed by atoms with Crippen LogP contribution in [0.1, 0.15) is 26.5 Å². The van der Waals surface area contributed by atoms with Crippen molar-refractivity contribution in [2.75, 3.05) is 53.6 Å². The number of aliphatic hydroxyl groups excluding tert-OH is 1. The van der Waals surface area contributed by atoms with Crippen molar-refractivity contribution in [1.82, 2.24) is 14.8 Å². The van der Waals surface area contributed by atoms with Crippen LogP contribution >= 0.6 is 0 Å². The summed E-state index contributed by atoms with van der Waals surface area (Å²) >= 11 is 0. The van der Waals surface area contributed by atoms with Crippen LogP contribution in [0.25, 0.3) is 0 Å². The van der Waals surface area contributed by atoms with Gasteiger partial charge in [-0.15, -0.1) is 0 Å². The Balaban J connectivity index is 2.16. The molecular formula is C17H26N4O5. The number of rotatable bonds is 8. The fraction of sp³-hybridized carbons (Fsp3) is 0.588. The molecule has 1 aliphatic rings. The number of hydrogen-bond acceptors (Lipinski definition) is 7. The summed E-state index contributed by atoms with van der Waals surface area (Å²) in [6.45, 7) is 3.24. The summed E-state index contributed by atoms with van der Waals surface area (Å²) in [5.41, 5.74) is 6.28. The average Bonchev–Trinajstić information content (AvgIpc) is 2.66. The van der Waals surface area contributed by atoms with Gasteiger partial charge >= 0.3 is 0 Å². The highest BCUT2D eigenvalue weighted by Crippen LogP contribution is 2.14. The molecule has 1 aromatic rings. The number of carbonyl (C=O) groups is 2. The van der Waals surface area contributed by atoms with E-state index < -0.39 is 12.2 Å². The molecule has 0 aliphatic carbocycles. The van der Waals surface area contributed by atoms with Crippen molar-refractivity contribution in [3.05, 3.63) is 29.1 Å². The van der Waals surface area contributed by atoms with Gasteiger partial charge in [-0.25, -0.2) is 4.98 Å². The van der Waals surface area contributed by atoms with E-state index in [1.165, 1.54) is 26.4 Å². The number of nitrogens with zero attached hydrogens (tertiary/aromatic N) is 3. The first-order valence-electron chi connectivity index (χ1n) is 8.48. The molecule has 3 N–H and O–H groups in total. The van der Waals surface area contributed by atoms with E-state index in [0.29, 0.717) is 38.4 Å². The normalized spacial score (nSPS) is 15.5. The SMILES string of the molecule is COC(Cc1nc(C(=O)N2CCN(CCO)CC2)ccc1C(N)=O)OC. The fourth-order valence-corrected chi connectivity index (χ4v) is 2.90. The van der Waals surface area contributed by atoms with Crippen molar-refractivity contribution >= 4 is 11.8 Å². The van der Waals surface area contributed by atoms with Gasteiger partial charge in [0.15, 0.2) is 6.29 Å². The van der Waals surface area contributed by atoms with Crippen molar-refractivity contribution in [2.24, 2.45) is 5.73 Å². The zero-order valence-electron chi connectivity index (χ0n) is 15.2. The molecule has 1 aliphatic heterocycles. The highest BCUT2D eigenvalue weighted by Gasteiger charge is 2.24. The first-order chi connectivity index (χ1) is 12.5. The molecule has 9 nitrogen and oxygen atoms in total. The maximum absolute atomic E-state index is 12.7. The molecule has 1 aromatic heterocycles. The van der Waals surface area contributed by atoms with Gasteiger partial charge in [-0.2, -0.15) is 0 Å². The van der Waals surface area contributed by atoms with Crippen LogP contribution in [-0.2, 0) is 15.9 Å². The minimum atomic E-state index is -0.616. The summed E-state index contributed by atoms with van der Waals surface area (Å²) in [6, 6.07) is 3.03. The maximum Gasteiger partial charge on any atom is 0.272 e. The van der Waals surface area contributed by atoms with Gasteiger partial charge in [-0.3, -0.25) is 14.5 Å². The lowest BCUT2D eigenvalue weighted by molar-refractivity contribution is -0.101. The molecule has 1 saturated heterocycles. The number of nitrogens with two attached hydrogens (primary N) is 1. The van der Waals surface area contributed by atoms with Crippen LogP contribution in [-0.4, -0.2) is 91.5 Å². The van der Waals surface area contributed by atoms with Gasteiger partial charge in [0, 0.05) is 53.4 Å². The lowest BCUT2D eigenvalue weighted by atomic mass is 10.1. The van der Waals surface area contributed by atoms with Crippen molar-refractivity contribution in [1.29, 1.82) is 0 Å². The van der Waals surface area contributed by atoms with Gasteiger partial charge in [0.1, 0.15) is 5.69 Å². The van der Waals surface area contributed by atoms with Crippen molar-refractivity contribution in [2.45, 2.75) is 12.7 Å². The van der Waals surface area contributed by atoms with Gasteiger partial charge in [0.25, 0.3) is 11.8 Å². The van der Waals surface area contributed by atoms with Gasteiger partial charge in [-0.05, 0) is 12.1 Å². The molecule has 0 bridgehead atoms. The Morgan fingerprint density at radius 3 is 2.42 bits per heavy atom. The first-order valence-corrected chi connectivity index (χ1v) is 8.48. The fourth-order valence-electron chi connectivity index (χ4n) is 2.90. The number of piperazine rings is 1. The molecule has 0 radical (unpaired) electrons. The Kier molecular flexibility index (Phi) is 7.46. The Hall–Kier alpha value is -2.07. The number of aliphatic hydroxyl groups is 1. The van der Waals surface area contributed by atoms with Crippen LogP contribution in [0.5, 0.6) is 0 Å². The lowest BCUT2D eigenvalue weighted by Crippen LogP contribution is -2.49. The number of ether oxygens (including phenoxy) is 2. The van der Waals surface area contributed by atoms with Crippen molar-refractivity contribution in [3.8, 4) is 0 Å². The predicted molar refractivity (Wildman–Crippen MR) is 93.7 cm³/mol. The van der Waals surface area contributed by atoms with E-state index in [0.717, 1.165) is 0 Å². The minimum Gasteiger partial charge on any atom is -0.395 e. The summed E-state index contributed by atoms with van der Waals surface area (Å²) in [5.74, 6) is -0.813. The summed E-state index contributed by atoms with van der Waals surface area (Å²) in [4.78, 5) is 32.5. The molecule has 0 atom stereocenters. The van der Waals surface area contributed by atoms with Crippen LogP contribution in [0, 0.1) is 0 Å². The van der Waals surface area contributed by atoms with E-state index in [1.54, 1.807) is 4.90 Å². The second-order valence-corrected chi connectivity index (χ2v) is 6.02. The zero-order valence-corrected chi connectivity index (χ0v) is 15.2. The van der Waals surface area contributed by atoms with E-state index in [2.05, 4.69) is 9.88 Å². The number of hydrogen-bond donors (Lipinski definition) is 2. The highest BCUT2D eigenvalue weighted by atomic mass is 16.7. The Labute approximate surface area is 152 Å². The summed E-state index contributed by atoms with van der Waals surface area (Å²) in [5, 5.41) is 9.00. The van der Waals surface area contributed by atoms with E-state index in [-0.39, 0.29) is 30.2 Å². The van der Waals surface area contributed by atoms with Crippen LogP contribution in [0.4, 0.5) is 0 Å². The molecule has 1 fully saturated rings.